The number of aliphatic hydroxyl groups is 1. The number of imidazole rings is 1. The average molecular weight is 234 g/mol. The second-order valence-corrected chi connectivity index (χ2v) is 5.09. The molecule has 5 nitrogen and oxygen atoms in total. The van der Waals surface area contributed by atoms with Crippen LogP contribution in [0.2, 0.25) is 0 Å². The van der Waals surface area contributed by atoms with Crippen molar-refractivity contribution < 1.29 is 5.11 Å². The molecule has 92 valence electrons. The van der Waals surface area contributed by atoms with E-state index in [1.54, 1.807) is 12.4 Å². The van der Waals surface area contributed by atoms with Crippen LogP contribution >= 0.6 is 0 Å². The van der Waals surface area contributed by atoms with E-state index in [2.05, 4.69) is 30.7 Å². The first-order valence-electron chi connectivity index (χ1n) is 5.66. The summed E-state index contributed by atoms with van der Waals surface area (Å²) in [6.07, 6.45) is 2.68. The number of rotatable bonds is 2. The SMILES string of the molecule is CC(C)(C)n1c(C(O)CN)nc2cnccc21. The van der Waals surface area contributed by atoms with Crippen LogP contribution in [0.5, 0.6) is 0 Å². The first-order chi connectivity index (χ1) is 7.95. The summed E-state index contributed by atoms with van der Waals surface area (Å²) in [4.78, 5) is 8.47. The Kier molecular flexibility index (Phi) is 2.89. The minimum Gasteiger partial charge on any atom is -0.384 e. The van der Waals surface area contributed by atoms with Crippen molar-refractivity contribution in [3.63, 3.8) is 0 Å². The molecule has 17 heavy (non-hydrogen) atoms. The maximum Gasteiger partial charge on any atom is 0.140 e. The largest absolute Gasteiger partial charge is 0.384 e. The Morgan fingerprint density at radius 3 is 2.76 bits per heavy atom. The minimum atomic E-state index is -0.748. The van der Waals surface area contributed by atoms with Gasteiger partial charge in [0.05, 0.1) is 11.7 Å². The van der Waals surface area contributed by atoms with Crippen molar-refractivity contribution in [3.8, 4) is 0 Å². The zero-order chi connectivity index (χ0) is 12.6. The maximum absolute atomic E-state index is 9.95. The van der Waals surface area contributed by atoms with E-state index in [9.17, 15) is 5.11 Å². The first kappa shape index (κ1) is 12.0. The molecule has 2 heterocycles. The Morgan fingerprint density at radius 1 is 1.47 bits per heavy atom. The molecule has 2 rings (SSSR count). The third-order valence-corrected chi connectivity index (χ3v) is 2.67. The highest BCUT2D eigenvalue weighted by Gasteiger charge is 2.24. The molecule has 0 amide bonds. The third kappa shape index (κ3) is 2.03. The van der Waals surface area contributed by atoms with Gasteiger partial charge in [0.15, 0.2) is 0 Å². The number of nitrogens with zero attached hydrogens (tertiary/aromatic N) is 3. The lowest BCUT2D eigenvalue weighted by molar-refractivity contribution is 0.165. The fourth-order valence-electron chi connectivity index (χ4n) is 1.98. The molecule has 0 saturated carbocycles. The monoisotopic (exact) mass is 234 g/mol. The van der Waals surface area contributed by atoms with Gasteiger partial charge in [0, 0.05) is 18.3 Å². The molecular weight excluding hydrogens is 216 g/mol. The van der Waals surface area contributed by atoms with E-state index >= 15 is 0 Å². The van der Waals surface area contributed by atoms with Crippen molar-refractivity contribution >= 4 is 11.0 Å². The molecule has 0 aliphatic heterocycles. The molecule has 0 aliphatic rings. The van der Waals surface area contributed by atoms with Crippen molar-refractivity contribution in [1.82, 2.24) is 14.5 Å². The molecule has 0 radical (unpaired) electrons. The second kappa shape index (κ2) is 4.09. The Bertz CT molecular complexity index is 527. The van der Waals surface area contributed by atoms with E-state index in [0.717, 1.165) is 11.0 Å². The molecule has 1 atom stereocenters. The smallest absolute Gasteiger partial charge is 0.140 e. The lowest BCUT2D eigenvalue weighted by Crippen LogP contribution is -2.27. The van der Waals surface area contributed by atoms with Gasteiger partial charge in [-0.1, -0.05) is 0 Å². The van der Waals surface area contributed by atoms with Gasteiger partial charge in [-0.15, -0.1) is 0 Å². The van der Waals surface area contributed by atoms with Gasteiger partial charge < -0.3 is 15.4 Å². The number of aliphatic hydroxyl groups excluding tert-OH is 1. The minimum absolute atomic E-state index is 0.160. The van der Waals surface area contributed by atoms with Gasteiger partial charge in [-0.05, 0) is 26.8 Å². The van der Waals surface area contributed by atoms with Crippen LogP contribution < -0.4 is 5.73 Å². The molecule has 2 aromatic heterocycles. The lowest BCUT2D eigenvalue weighted by atomic mass is 10.1. The molecule has 0 aromatic carbocycles. The second-order valence-electron chi connectivity index (χ2n) is 5.09. The van der Waals surface area contributed by atoms with Gasteiger partial charge >= 0.3 is 0 Å². The topological polar surface area (TPSA) is 77.0 Å². The van der Waals surface area contributed by atoms with Crippen LogP contribution in [0.3, 0.4) is 0 Å². The van der Waals surface area contributed by atoms with E-state index in [-0.39, 0.29) is 12.1 Å². The van der Waals surface area contributed by atoms with Gasteiger partial charge in [-0.3, -0.25) is 4.98 Å². The predicted molar refractivity (Wildman–Crippen MR) is 66.5 cm³/mol. The Hall–Kier alpha value is -1.46. The summed E-state index contributed by atoms with van der Waals surface area (Å²) in [5.41, 5.74) is 7.10. The van der Waals surface area contributed by atoms with Crippen LogP contribution in [0.1, 0.15) is 32.7 Å². The highest BCUT2D eigenvalue weighted by atomic mass is 16.3. The summed E-state index contributed by atoms with van der Waals surface area (Å²) in [5.74, 6) is 0.600. The van der Waals surface area contributed by atoms with E-state index in [1.165, 1.54) is 0 Å². The van der Waals surface area contributed by atoms with Crippen molar-refractivity contribution in [2.24, 2.45) is 5.73 Å². The molecule has 0 fully saturated rings. The highest BCUT2D eigenvalue weighted by Crippen LogP contribution is 2.27. The first-order valence-corrected chi connectivity index (χ1v) is 5.66. The van der Waals surface area contributed by atoms with Crippen molar-refractivity contribution in [2.75, 3.05) is 6.54 Å². The van der Waals surface area contributed by atoms with Crippen LogP contribution in [0, 0.1) is 0 Å². The Labute approximate surface area is 100 Å². The Morgan fingerprint density at radius 2 is 2.18 bits per heavy atom. The number of hydrogen-bond donors (Lipinski definition) is 2. The van der Waals surface area contributed by atoms with E-state index in [4.69, 9.17) is 5.73 Å². The summed E-state index contributed by atoms with van der Waals surface area (Å²) in [7, 11) is 0. The van der Waals surface area contributed by atoms with Gasteiger partial charge in [0.2, 0.25) is 0 Å². The predicted octanol–water partition coefficient (Wildman–Crippen LogP) is 1.18. The standard InChI is InChI=1S/C12H18N4O/c1-12(2,3)16-9-4-5-14-7-8(9)15-11(16)10(17)6-13/h4-5,7,10,17H,6,13H2,1-3H3. The zero-order valence-electron chi connectivity index (χ0n) is 10.4. The maximum atomic E-state index is 9.95. The van der Waals surface area contributed by atoms with Crippen LogP contribution in [0.4, 0.5) is 0 Å². The average Bonchev–Trinajstić information content (AvgIpc) is 2.66. The molecule has 0 spiro atoms. The van der Waals surface area contributed by atoms with E-state index in [1.807, 2.05) is 10.6 Å². The lowest BCUT2D eigenvalue weighted by Gasteiger charge is -2.25. The molecule has 0 bridgehead atoms. The number of hydrogen-bond acceptors (Lipinski definition) is 4. The molecule has 1 unspecified atom stereocenters. The van der Waals surface area contributed by atoms with Crippen molar-refractivity contribution in [3.05, 3.63) is 24.3 Å². The van der Waals surface area contributed by atoms with Crippen LogP contribution in [0.25, 0.3) is 11.0 Å². The summed E-state index contributed by atoms with van der Waals surface area (Å²) >= 11 is 0. The summed E-state index contributed by atoms with van der Waals surface area (Å²) in [6.45, 7) is 6.37. The molecule has 0 saturated heterocycles. The van der Waals surface area contributed by atoms with Crippen molar-refractivity contribution in [2.45, 2.75) is 32.4 Å². The van der Waals surface area contributed by atoms with E-state index < -0.39 is 6.10 Å². The fourth-order valence-corrected chi connectivity index (χ4v) is 1.98. The van der Waals surface area contributed by atoms with Crippen LogP contribution in [-0.4, -0.2) is 26.2 Å². The van der Waals surface area contributed by atoms with Gasteiger partial charge in [-0.2, -0.15) is 0 Å². The molecule has 2 aromatic rings. The van der Waals surface area contributed by atoms with Gasteiger partial charge in [-0.25, -0.2) is 4.98 Å². The third-order valence-electron chi connectivity index (χ3n) is 2.67. The Balaban J connectivity index is 2.74. The summed E-state index contributed by atoms with van der Waals surface area (Å²) < 4.78 is 2.02. The zero-order valence-corrected chi connectivity index (χ0v) is 10.4. The molecular formula is C12H18N4O. The van der Waals surface area contributed by atoms with Crippen LogP contribution in [-0.2, 0) is 5.54 Å². The highest BCUT2D eigenvalue weighted by molar-refractivity contribution is 5.75. The fraction of sp³-hybridized carbons (Fsp3) is 0.500. The van der Waals surface area contributed by atoms with Gasteiger partial charge in [0.25, 0.3) is 0 Å². The number of aromatic nitrogens is 3. The summed E-state index contributed by atoms with van der Waals surface area (Å²) in [6, 6.07) is 1.90. The molecule has 3 N–H and O–H groups in total. The molecule has 0 aliphatic carbocycles. The quantitative estimate of drug-likeness (QED) is 0.818. The number of nitrogens with two attached hydrogens (primary N) is 1. The number of pyridine rings is 1. The van der Waals surface area contributed by atoms with Gasteiger partial charge in [0.1, 0.15) is 17.4 Å². The molecule has 5 heteroatoms. The van der Waals surface area contributed by atoms with Crippen LogP contribution in [0.15, 0.2) is 18.5 Å². The number of fused-ring (bicyclic) bond motifs is 1. The van der Waals surface area contributed by atoms with Crippen molar-refractivity contribution in [1.29, 1.82) is 0 Å². The van der Waals surface area contributed by atoms with E-state index in [0.29, 0.717) is 5.82 Å². The summed E-state index contributed by atoms with van der Waals surface area (Å²) in [5, 5.41) is 9.95. The normalized spacial score (nSPS) is 14.2.